The van der Waals surface area contributed by atoms with Gasteiger partial charge in [-0.2, -0.15) is 0 Å². The monoisotopic (exact) mass is 240 g/mol. The number of hydrogen-bond acceptors (Lipinski definition) is 3. The zero-order valence-corrected chi connectivity index (χ0v) is 10.7. The van der Waals surface area contributed by atoms with Gasteiger partial charge in [0, 0.05) is 31.5 Å². The molecular formula is C13H24N2O2. The topological polar surface area (TPSA) is 52.6 Å². The largest absolute Gasteiger partial charge is 0.393 e. The number of likely N-dealkylation sites (tertiary alicyclic amines) is 1. The average molecular weight is 240 g/mol. The second kappa shape index (κ2) is 5.83. The van der Waals surface area contributed by atoms with E-state index >= 15 is 0 Å². The molecule has 1 amide bonds. The van der Waals surface area contributed by atoms with Gasteiger partial charge in [0.15, 0.2) is 0 Å². The van der Waals surface area contributed by atoms with Crippen molar-refractivity contribution in [3.05, 3.63) is 0 Å². The Bertz CT molecular complexity index is 262. The summed E-state index contributed by atoms with van der Waals surface area (Å²) in [6.45, 7) is 4.43. The minimum Gasteiger partial charge on any atom is -0.393 e. The molecule has 0 aromatic heterocycles. The maximum absolute atomic E-state index is 12.1. The third-order valence-corrected chi connectivity index (χ3v) is 4.09. The average Bonchev–Trinajstić information content (AvgIpc) is 2.79. The fraction of sp³-hybridized carbons (Fsp3) is 0.923. The fourth-order valence-corrected chi connectivity index (χ4v) is 2.85. The van der Waals surface area contributed by atoms with Gasteiger partial charge >= 0.3 is 0 Å². The van der Waals surface area contributed by atoms with Crippen LogP contribution in [-0.2, 0) is 4.79 Å². The standard InChI is InChI=1S/C13H24N2O2/c1-10(16)11-5-7-15(9-11)13(17)8-12-4-2-3-6-14-12/h10-12,14,16H,2-9H2,1H3. The first-order valence-electron chi connectivity index (χ1n) is 6.86. The molecule has 2 rings (SSSR count). The van der Waals surface area contributed by atoms with Crippen LogP contribution in [-0.4, -0.2) is 47.7 Å². The highest BCUT2D eigenvalue weighted by atomic mass is 16.3. The number of nitrogens with one attached hydrogen (secondary N) is 1. The highest BCUT2D eigenvalue weighted by Crippen LogP contribution is 2.21. The van der Waals surface area contributed by atoms with Crippen molar-refractivity contribution in [1.82, 2.24) is 10.2 Å². The number of hydrogen-bond donors (Lipinski definition) is 2. The molecule has 2 fully saturated rings. The normalized spacial score (nSPS) is 31.5. The van der Waals surface area contributed by atoms with Gasteiger partial charge < -0.3 is 15.3 Å². The van der Waals surface area contributed by atoms with E-state index in [4.69, 9.17) is 0 Å². The highest BCUT2D eigenvalue weighted by molar-refractivity contribution is 5.77. The van der Waals surface area contributed by atoms with Crippen molar-refractivity contribution < 1.29 is 9.90 Å². The van der Waals surface area contributed by atoms with Crippen LogP contribution in [0, 0.1) is 5.92 Å². The molecule has 2 aliphatic heterocycles. The molecule has 0 aliphatic carbocycles. The molecule has 17 heavy (non-hydrogen) atoms. The van der Waals surface area contributed by atoms with Gasteiger partial charge in [-0.1, -0.05) is 6.42 Å². The Balaban J connectivity index is 1.76. The van der Waals surface area contributed by atoms with Crippen molar-refractivity contribution in [3.63, 3.8) is 0 Å². The van der Waals surface area contributed by atoms with Crippen molar-refractivity contribution in [2.45, 2.75) is 51.2 Å². The van der Waals surface area contributed by atoms with Crippen LogP contribution < -0.4 is 5.32 Å². The summed E-state index contributed by atoms with van der Waals surface area (Å²) in [5, 5.41) is 12.9. The summed E-state index contributed by atoms with van der Waals surface area (Å²) >= 11 is 0. The van der Waals surface area contributed by atoms with Gasteiger partial charge in [0.25, 0.3) is 0 Å². The van der Waals surface area contributed by atoms with Crippen LogP contribution in [0.3, 0.4) is 0 Å². The van der Waals surface area contributed by atoms with E-state index in [0.29, 0.717) is 12.5 Å². The van der Waals surface area contributed by atoms with Crippen molar-refractivity contribution in [1.29, 1.82) is 0 Å². The Labute approximate surface area is 103 Å². The van der Waals surface area contributed by atoms with Crippen LogP contribution >= 0.6 is 0 Å². The lowest BCUT2D eigenvalue weighted by molar-refractivity contribution is -0.131. The number of aliphatic hydroxyl groups excluding tert-OH is 1. The fourth-order valence-electron chi connectivity index (χ4n) is 2.85. The first-order valence-corrected chi connectivity index (χ1v) is 6.86. The van der Waals surface area contributed by atoms with Crippen molar-refractivity contribution >= 4 is 5.91 Å². The van der Waals surface area contributed by atoms with Gasteiger partial charge in [0.05, 0.1) is 6.10 Å². The van der Waals surface area contributed by atoms with Gasteiger partial charge in [0.1, 0.15) is 0 Å². The molecule has 2 N–H and O–H groups in total. The lowest BCUT2D eigenvalue weighted by atomic mass is 10.0. The van der Waals surface area contributed by atoms with E-state index in [1.165, 1.54) is 12.8 Å². The van der Waals surface area contributed by atoms with Crippen LogP contribution in [0.4, 0.5) is 0 Å². The summed E-state index contributed by atoms with van der Waals surface area (Å²) in [5.41, 5.74) is 0. The van der Waals surface area contributed by atoms with E-state index in [1.807, 2.05) is 11.8 Å². The Morgan fingerprint density at radius 1 is 1.47 bits per heavy atom. The quantitative estimate of drug-likeness (QED) is 0.765. The molecule has 2 aliphatic rings. The van der Waals surface area contributed by atoms with Gasteiger partial charge in [-0.15, -0.1) is 0 Å². The molecule has 0 aromatic rings. The molecule has 0 aromatic carbocycles. The molecule has 3 unspecified atom stereocenters. The third kappa shape index (κ3) is 3.42. The first kappa shape index (κ1) is 12.8. The molecule has 3 atom stereocenters. The van der Waals surface area contributed by atoms with Gasteiger partial charge in [-0.3, -0.25) is 4.79 Å². The van der Waals surface area contributed by atoms with Crippen LogP contribution in [0.15, 0.2) is 0 Å². The van der Waals surface area contributed by atoms with Crippen LogP contribution in [0.25, 0.3) is 0 Å². The summed E-state index contributed by atoms with van der Waals surface area (Å²) in [5.74, 6) is 0.533. The molecule has 2 heterocycles. The zero-order valence-electron chi connectivity index (χ0n) is 10.7. The highest BCUT2D eigenvalue weighted by Gasteiger charge is 2.30. The van der Waals surface area contributed by atoms with Gasteiger partial charge in [-0.25, -0.2) is 0 Å². The number of carbonyl (C=O) groups excluding carboxylic acids is 1. The van der Waals surface area contributed by atoms with E-state index in [0.717, 1.165) is 32.5 Å². The SMILES string of the molecule is CC(O)C1CCN(C(=O)CC2CCCCN2)C1. The maximum atomic E-state index is 12.1. The number of rotatable bonds is 3. The number of carbonyl (C=O) groups is 1. The lowest BCUT2D eigenvalue weighted by Crippen LogP contribution is -2.40. The molecule has 0 radical (unpaired) electrons. The van der Waals surface area contributed by atoms with E-state index in [2.05, 4.69) is 5.32 Å². The molecule has 2 saturated heterocycles. The van der Waals surface area contributed by atoms with Gasteiger partial charge in [-0.05, 0) is 32.7 Å². The number of aliphatic hydroxyl groups is 1. The maximum Gasteiger partial charge on any atom is 0.224 e. The van der Waals surface area contributed by atoms with E-state index in [-0.39, 0.29) is 17.9 Å². The Kier molecular flexibility index (Phi) is 4.40. The smallest absolute Gasteiger partial charge is 0.224 e. The first-order chi connectivity index (χ1) is 8.16. The lowest BCUT2D eigenvalue weighted by Gasteiger charge is -2.25. The second-order valence-corrected chi connectivity index (χ2v) is 5.48. The minimum absolute atomic E-state index is 0.257. The van der Waals surface area contributed by atoms with Crippen LogP contribution in [0.5, 0.6) is 0 Å². The number of piperidine rings is 1. The predicted octanol–water partition coefficient (Wildman–Crippen LogP) is 0.748. The Hall–Kier alpha value is -0.610. The number of amides is 1. The molecule has 0 bridgehead atoms. The molecule has 0 spiro atoms. The van der Waals surface area contributed by atoms with Crippen molar-refractivity contribution in [2.24, 2.45) is 5.92 Å². The summed E-state index contributed by atoms with van der Waals surface area (Å²) in [6, 6.07) is 0.377. The second-order valence-electron chi connectivity index (χ2n) is 5.48. The molecule has 4 heteroatoms. The number of nitrogens with zero attached hydrogens (tertiary/aromatic N) is 1. The summed E-state index contributed by atoms with van der Waals surface area (Å²) < 4.78 is 0. The Morgan fingerprint density at radius 3 is 2.88 bits per heavy atom. The summed E-state index contributed by atoms with van der Waals surface area (Å²) in [7, 11) is 0. The van der Waals surface area contributed by atoms with Crippen LogP contribution in [0.1, 0.15) is 39.0 Å². The van der Waals surface area contributed by atoms with Gasteiger partial charge in [0.2, 0.25) is 5.91 Å². The zero-order chi connectivity index (χ0) is 12.3. The molecule has 0 saturated carbocycles. The Morgan fingerprint density at radius 2 is 2.29 bits per heavy atom. The third-order valence-electron chi connectivity index (χ3n) is 4.09. The van der Waals surface area contributed by atoms with Crippen LogP contribution in [0.2, 0.25) is 0 Å². The predicted molar refractivity (Wildman–Crippen MR) is 66.6 cm³/mol. The molecule has 4 nitrogen and oxygen atoms in total. The van der Waals surface area contributed by atoms with E-state index < -0.39 is 0 Å². The molecular weight excluding hydrogens is 216 g/mol. The minimum atomic E-state index is -0.291. The van der Waals surface area contributed by atoms with Crippen molar-refractivity contribution in [2.75, 3.05) is 19.6 Å². The van der Waals surface area contributed by atoms with Crippen molar-refractivity contribution in [3.8, 4) is 0 Å². The molecule has 98 valence electrons. The summed E-state index contributed by atoms with van der Waals surface area (Å²) in [4.78, 5) is 14.0. The summed E-state index contributed by atoms with van der Waals surface area (Å²) in [6.07, 6.45) is 4.88. The van der Waals surface area contributed by atoms with E-state index in [9.17, 15) is 9.90 Å². The van der Waals surface area contributed by atoms with E-state index in [1.54, 1.807) is 0 Å².